The van der Waals surface area contributed by atoms with Gasteiger partial charge < -0.3 is 10.0 Å². The molecule has 21 heavy (non-hydrogen) atoms. The Morgan fingerprint density at radius 1 is 1.24 bits per heavy atom. The van der Waals surface area contributed by atoms with E-state index in [4.69, 9.17) is 0 Å². The summed E-state index contributed by atoms with van der Waals surface area (Å²) in [5.74, 6) is -0.0546. The molecule has 0 spiro atoms. The maximum atomic E-state index is 12.4. The minimum absolute atomic E-state index is 0.0546. The highest BCUT2D eigenvalue weighted by Crippen LogP contribution is 2.31. The van der Waals surface area contributed by atoms with Gasteiger partial charge in [-0.2, -0.15) is 0 Å². The number of amides is 1. The Balaban J connectivity index is 1.52. The van der Waals surface area contributed by atoms with Crippen molar-refractivity contribution in [1.29, 1.82) is 0 Å². The van der Waals surface area contributed by atoms with Crippen LogP contribution in [0.25, 0.3) is 0 Å². The lowest BCUT2D eigenvalue weighted by Gasteiger charge is -2.38. The van der Waals surface area contributed by atoms with Crippen LogP contribution in [0.3, 0.4) is 0 Å². The van der Waals surface area contributed by atoms with Gasteiger partial charge in [0.15, 0.2) is 0 Å². The third kappa shape index (κ3) is 3.24. The number of carbonyl (C=O) groups is 1. The molecule has 1 N–H and O–H groups in total. The van der Waals surface area contributed by atoms with E-state index in [9.17, 15) is 9.90 Å². The third-order valence-electron chi connectivity index (χ3n) is 4.62. The molecule has 0 bridgehead atoms. The Morgan fingerprint density at radius 2 is 1.95 bits per heavy atom. The minimum Gasteiger partial charge on any atom is -0.380 e. The van der Waals surface area contributed by atoms with Crippen LogP contribution in [0.15, 0.2) is 24.5 Å². The van der Waals surface area contributed by atoms with E-state index in [-0.39, 0.29) is 5.91 Å². The number of hydrogen-bond acceptors (Lipinski definition) is 4. The minimum atomic E-state index is -1.08. The highest BCUT2D eigenvalue weighted by atomic mass is 16.3. The Bertz CT molecular complexity index is 478. The van der Waals surface area contributed by atoms with E-state index in [0.717, 1.165) is 32.5 Å². The highest BCUT2D eigenvalue weighted by molar-refractivity contribution is 5.85. The third-order valence-corrected chi connectivity index (χ3v) is 4.62. The molecule has 5 heteroatoms. The van der Waals surface area contributed by atoms with E-state index in [0.29, 0.717) is 25.9 Å². The Hall–Kier alpha value is -1.46. The first kappa shape index (κ1) is 14.5. The van der Waals surface area contributed by atoms with Crippen molar-refractivity contribution in [3.8, 4) is 0 Å². The van der Waals surface area contributed by atoms with Crippen LogP contribution in [0.1, 0.15) is 31.2 Å². The molecule has 1 aliphatic heterocycles. The lowest BCUT2D eigenvalue weighted by molar-refractivity contribution is -0.152. The van der Waals surface area contributed by atoms with Crippen LogP contribution in [0, 0.1) is 0 Å². The van der Waals surface area contributed by atoms with Gasteiger partial charge >= 0.3 is 0 Å². The van der Waals surface area contributed by atoms with Crippen LogP contribution in [0.5, 0.6) is 0 Å². The fraction of sp³-hybridized carbons (Fsp3) is 0.625. The summed E-state index contributed by atoms with van der Waals surface area (Å²) in [5.41, 5.74) is 0.123. The largest absolute Gasteiger partial charge is 0.380 e. The number of pyridine rings is 1. The van der Waals surface area contributed by atoms with E-state index >= 15 is 0 Å². The molecular formula is C16H23N3O2. The van der Waals surface area contributed by atoms with Crippen LogP contribution in [0.4, 0.5) is 0 Å². The van der Waals surface area contributed by atoms with Gasteiger partial charge in [0, 0.05) is 45.1 Å². The molecule has 0 radical (unpaired) electrons. The Kier molecular flexibility index (Phi) is 4.22. The number of hydrogen-bond donors (Lipinski definition) is 1. The van der Waals surface area contributed by atoms with Crippen molar-refractivity contribution in [3.63, 3.8) is 0 Å². The normalized spacial score (nSPS) is 22.4. The summed E-state index contributed by atoms with van der Waals surface area (Å²) >= 11 is 0. The smallest absolute Gasteiger partial charge is 0.254 e. The van der Waals surface area contributed by atoms with Crippen molar-refractivity contribution in [1.82, 2.24) is 14.8 Å². The number of rotatable bonds is 3. The van der Waals surface area contributed by atoms with Gasteiger partial charge in [0.05, 0.1) is 0 Å². The Morgan fingerprint density at radius 3 is 2.57 bits per heavy atom. The van der Waals surface area contributed by atoms with Crippen LogP contribution in [0.2, 0.25) is 0 Å². The molecule has 1 aromatic heterocycles. The van der Waals surface area contributed by atoms with Crippen molar-refractivity contribution in [2.45, 2.75) is 37.8 Å². The van der Waals surface area contributed by atoms with Crippen LogP contribution < -0.4 is 0 Å². The molecular weight excluding hydrogens is 266 g/mol. The zero-order valence-corrected chi connectivity index (χ0v) is 12.4. The second-order valence-electron chi connectivity index (χ2n) is 6.17. The average Bonchev–Trinajstić information content (AvgIpc) is 2.96. The first-order chi connectivity index (χ1) is 10.2. The van der Waals surface area contributed by atoms with Crippen molar-refractivity contribution < 1.29 is 9.90 Å². The molecule has 1 saturated carbocycles. The lowest BCUT2D eigenvalue weighted by atomic mass is 10.00. The zero-order valence-electron chi connectivity index (χ0n) is 12.4. The van der Waals surface area contributed by atoms with Gasteiger partial charge in [-0.05, 0) is 37.3 Å². The summed E-state index contributed by atoms with van der Waals surface area (Å²) in [6, 6.07) is 4.02. The van der Waals surface area contributed by atoms with Crippen LogP contribution >= 0.6 is 0 Å². The number of piperazine rings is 1. The molecule has 1 amide bonds. The van der Waals surface area contributed by atoms with Gasteiger partial charge in [0.2, 0.25) is 0 Å². The van der Waals surface area contributed by atoms with Crippen LogP contribution in [-0.4, -0.2) is 57.6 Å². The van der Waals surface area contributed by atoms with Gasteiger partial charge in [-0.15, -0.1) is 0 Å². The maximum absolute atomic E-state index is 12.4. The quantitative estimate of drug-likeness (QED) is 0.903. The first-order valence-corrected chi connectivity index (χ1v) is 7.80. The lowest BCUT2D eigenvalue weighted by Crippen LogP contribution is -2.54. The molecule has 1 aromatic rings. The second kappa shape index (κ2) is 6.12. The molecule has 3 rings (SSSR count). The summed E-state index contributed by atoms with van der Waals surface area (Å²) in [7, 11) is 0. The predicted octanol–water partition coefficient (Wildman–Crippen LogP) is 1.03. The number of aromatic nitrogens is 1. The van der Waals surface area contributed by atoms with E-state index < -0.39 is 5.60 Å². The second-order valence-corrected chi connectivity index (χ2v) is 6.17. The Labute approximate surface area is 125 Å². The van der Waals surface area contributed by atoms with Crippen LogP contribution in [-0.2, 0) is 11.3 Å². The molecule has 0 unspecified atom stereocenters. The van der Waals surface area contributed by atoms with E-state index in [1.807, 2.05) is 17.2 Å². The van der Waals surface area contributed by atoms with Gasteiger partial charge in [0.25, 0.3) is 5.91 Å². The molecule has 2 heterocycles. The zero-order chi connectivity index (χ0) is 14.7. The summed E-state index contributed by atoms with van der Waals surface area (Å²) < 4.78 is 0. The van der Waals surface area contributed by atoms with Crippen molar-refractivity contribution in [2.75, 3.05) is 26.2 Å². The SMILES string of the molecule is O=C(N1CCN(Cc2cccnc2)CC1)C1(O)CCCC1. The van der Waals surface area contributed by atoms with Gasteiger partial charge in [-0.1, -0.05) is 6.07 Å². The number of carbonyl (C=O) groups excluding carboxylic acids is 1. The molecule has 1 saturated heterocycles. The molecule has 1 aliphatic carbocycles. The number of aliphatic hydroxyl groups is 1. The topological polar surface area (TPSA) is 56.7 Å². The number of nitrogens with zero attached hydrogens (tertiary/aromatic N) is 3. The molecule has 0 aromatic carbocycles. The van der Waals surface area contributed by atoms with E-state index in [1.54, 1.807) is 6.20 Å². The molecule has 0 atom stereocenters. The standard InChI is InChI=1S/C16H23N3O2/c20-15(16(21)5-1-2-6-16)19-10-8-18(9-11-19)13-14-4-3-7-17-12-14/h3-4,7,12,21H,1-2,5-6,8-11,13H2. The van der Waals surface area contributed by atoms with Crippen molar-refractivity contribution in [2.24, 2.45) is 0 Å². The summed E-state index contributed by atoms with van der Waals surface area (Å²) in [6.45, 7) is 4.01. The van der Waals surface area contributed by atoms with Gasteiger partial charge in [0.1, 0.15) is 5.60 Å². The monoisotopic (exact) mass is 289 g/mol. The fourth-order valence-electron chi connectivity index (χ4n) is 3.33. The summed E-state index contributed by atoms with van der Waals surface area (Å²) in [5, 5.41) is 10.4. The maximum Gasteiger partial charge on any atom is 0.254 e. The van der Waals surface area contributed by atoms with Gasteiger partial charge in [-0.25, -0.2) is 0 Å². The first-order valence-electron chi connectivity index (χ1n) is 7.80. The summed E-state index contributed by atoms with van der Waals surface area (Å²) in [6.07, 6.45) is 6.84. The molecule has 114 valence electrons. The van der Waals surface area contributed by atoms with Gasteiger partial charge in [-0.3, -0.25) is 14.7 Å². The van der Waals surface area contributed by atoms with E-state index in [2.05, 4.69) is 16.0 Å². The molecule has 5 nitrogen and oxygen atoms in total. The van der Waals surface area contributed by atoms with E-state index in [1.165, 1.54) is 5.56 Å². The summed E-state index contributed by atoms with van der Waals surface area (Å²) in [4.78, 5) is 20.7. The highest BCUT2D eigenvalue weighted by Gasteiger charge is 2.42. The predicted molar refractivity (Wildman–Crippen MR) is 79.5 cm³/mol. The fourth-order valence-corrected chi connectivity index (χ4v) is 3.33. The van der Waals surface area contributed by atoms with Crippen molar-refractivity contribution >= 4 is 5.91 Å². The molecule has 2 aliphatic rings. The van der Waals surface area contributed by atoms with Crippen molar-refractivity contribution in [3.05, 3.63) is 30.1 Å². The molecule has 2 fully saturated rings. The average molecular weight is 289 g/mol.